The van der Waals surface area contributed by atoms with Gasteiger partial charge < -0.3 is 10.4 Å². The summed E-state index contributed by atoms with van der Waals surface area (Å²) in [7, 11) is 0. The molecular weight excluding hydrogens is 270 g/mol. The van der Waals surface area contributed by atoms with Crippen LogP contribution in [0.5, 0.6) is 5.75 Å². The van der Waals surface area contributed by atoms with Gasteiger partial charge in [-0.25, -0.2) is 8.78 Å². The topological polar surface area (TPSA) is 75.4 Å². The van der Waals surface area contributed by atoms with Crippen LogP contribution in [0.4, 0.5) is 20.2 Å². The summed E-state index contributed by atoms with van der Waals surface area (Å²) in [5.41, 5.74) is -0.706. The van der Waals surface area contributed by atoms with Crippen molar-refractivity contribution >= 4 is 11.4 Å². The van der Waals surface area contributed by atoms with E-state index in [1.807, 2.05) is 0 Å². The molecule has 5 nitrogen and oxygen atoms in total. The summed E-state index contributed by atoms with van der Waals surface area (Å²) in [6.45, 7) is -0.0755. The van der Waals surface area contributed by atoms with Crippen LogP contribution in [0.2, 0.25) is 0 Å². The summed E-state index contributed by atoms with van der Waals surface area (Å²) in [5, 5.41) is 22.8. The van der Waals surface area contributed by atoms with Crippen LogP contribution in [0.15, 0.2) is 36.4 Å². The fourth-order valence-corrected chi connectivity index (χ4v) is 1.70. The molecule has 0 heterocycles. The molecule has 2 N–H and O–H groups in total. The molecule has 0 fully saturated rings. The Hall–Kier alpha value is -2.70. The Morgan fingerprint density at radius 1 is 1.20 bits per heavy atom. The van der Waals surface area contributed by atoms with E-state index >= 15 is 0 Å². The second kappa shape index (κ2) is 5.52. The summed E-state index contributed by atoms with van der Waals surface area (Å²) >= 11 is 0. The maximum Gasteiger partial charge on any atom is 0.295 e. The second-order valence-electron chi connectivity index (χ2n) is 3.99. The van der Waals surface area contributed by atoms with Crippen molar-refractivity contribution in [1.82, 2.24) is 0 Å². The number of phenolic OH excluding ortho intramolecular Hbond substituents is 1. The van der Waals surface area contributed by atoms with E-state index in [9.17, 15) is 24.0 Å². The van der Waals surface area contributed by atoms with E-state index in [1.165, 1.54) is 6.07 Å². The molecule has 0 bridgehead atoms. The van der Waals surface area contributed by atoms with Crippen LogP contribution in [0.3, 0.4) is 0 Å². The van der Waals surface area contributed by atoms with Crippen LogP contribution in [-0.2, 0) is 6.54 Å². The first kappa shape index (κ1) is 13.7. The fraction of sp³-hybridized carbons (Fsp3) is 0.0769. The Bertz CT molecular complexity index is 662. The van der Waals surface area contributed by atoms with E-state index in [1.54, 1.807) is 18.2 Å². The van der Waals surface area contributed by atoms with Gasteiger partial charge in [0.05, 0.1) is 4.92 Å². The molecular formula is C13H10F2N2O3. The minimum Gasteiger partial charge on any atom is -0.508 e. The Balaban J connectivity index is 2.31. The molecule has 7 heteroatoms. The third-order valence-corrected chi connectivity index (χ3v) is 2.72. The molecule has 0 unspecified atom stereocenters. The van der Waals surface area contributed by atoms with Gasteiger partial charge in [-0.05, 0) is 12.1 Å². The molecule has 0 aliphatic heterocycles. The smallest absolute Gasteiger partial charge is 0.295 e. The van der Waals surface area contributed by atoms with Gasteiger partial charge >= 0.3 is 0 Å². The molecule has 2 aromatic carbocycles. The number of anilines is 1. The van der Waals surface area contributed by atoms with Crippen LogP contribution in [0.1, 0.15) is 5.56 Å². The molecule has 0 aliphatic rings. The van der Waals surface area contributed by atoms with Crippen LogP contribution in [0.25, 0.3) is 0 Å². The Morgan fingerprint density at radius 2 is 1.90 bits per heavy atom. The van der Waals surface area contributed by atoms with Gasteiger partial charge in [0.1, 0.15) is 5.75 Å². The van der Waals surface area contributed by atoms with Crippen molar-refractivity contribution in [3.8, 4) is 5.75 Å². The summed E-state index contributed by atoms with van der Waals surface area (Å²) in [5.74, 6) is -2.55. The maximum absolute atomic E-state index is 13.6. The highest BCUT2D eigenvalue weighted by Crippen LogP contribution is 2.30. The highest BCUT2D eigenvalue weighted by Gasteiger charge is 2.21. The molecule has 104 valence electrons. The highest BCUT2D eigenvalue weighted by molar-refractivity contribution is 5.62. The zero-order valence-corrected chi connectivity index (χ0v) is 10.1. The lowest BCUT2D eigenvalue weighted by atomic mass is 10.2. The fourth-order valence-electron chi connectivity index (χ4n) is 1.70. The normalized spacial score (nSPS) is 10.3. The predicted octanol–water partition coefficient (Wildman–Crippen LogP) is 3.19. The predicted molar refractivity (Wildman–Crippen MR) is 68.4 cm³/mol. The monoisotopic (exact) mass is 280 g/mol. The number of hydrogen-bond acceptors (Lipinski definition) is 4. The summed E-state index contributed by atoms with van der Waals surface area (Å²) in [6, 6.07) is 7.81. The lowest BCUT2D eigenvalue weighted by Gasteiger charge is -2.09. The third-order valence-electron chi connectivity index (χ3n) is 2.72. The molecule has 0 aliphatic carbocycles. The zero-order valence-electron chi connectivity index (χ0n) is 10.1. The van der Waals surface area contributed by atoms with E-state index in [4.69, 9.17) is 0 Å². The van der Waals surface area contributed by atoms with E-state index in [2.05, 4.69) is 5.32 Å². The number of nitro groups is 1. The van der Waals surface area contributed by atoms with Gasteiger partial charge in [-0.15, -0.1) is 0 Å². The van der Waals surface area contributed by atoms with Gasteiger partial charge in [-0.1, -0.05) is 18.2 Å². The average Bonchev–Trinajstić information content (AvgIpc) is 2.41. The van der Waals surface area contributed by atoms with E-state index in [0.717, 1.165) is 6.07 Å². The minimum atomic E-state index is -1.32. The van der Waals surface area contributed by atoms with Gasteiger partial charge in [0.2, 0.25) is 0 Å². The van der Waals surface area contributed by atoms with Crippen molar-refractivity contribution in [2.45, 2.75) is 6.54 Å². The number of rotatable bonds is 4. The quantitative estimate of drug-likeness (QED) is 0.666. The number of nitrogens with one attached hydrogen (secondary N) is 1. The summed E-state index contributed by atoms with van der Waals surface area (Å²) in [6.07, 6.45) is 0. The van der Waals surface area contributed by atoms with Crippen molar-refractivity contribution < 1.29 is 18.8 Å². The molecule has 0 radical (unpaired) electrons. The van der Waals surface area contributed by atoms with E-state index < -0.39 is 27.9 Å². The molecule has 0 spiro atoms. The SMILES string of the molecule is O=[N+]([O-])c1ccc(F)c(F)c1NCc1ccccc1O. The van der Waals surface area contributed by atoms with Crippen molar-refractivity contribution in [3.63, 3.8) is 0 Å². The number of halogens is 2. The molecule has 0 saturated carbocycles. The van der Waals surface area contributed by atoms with Crippen LogP contribution >= 0.6 is 0 Å². The molecule has 20 heavy (non-hydrogen) atoms. The van der Waals surface area contributed by atoms with Crippen molar-refractivity contribution in [1.29, 1.82) is 0 Å². The number of nitro benzene ring substituents is 1. The lowest BCUT2D eigenvalue weighted by Crippen LogP contribution is -2.06. The maximum atomic E-state index is 13.6. The average molecular weight is 280 g/mol. The van der Waals surface area contributed by atoms with Crippen LogP contribution in [-0.4, -0.2) is 10.0 Å². The van der Waals surface area contributed by atoms with Crippen LogP contribution in [0, 0.1) is 21.7 Å². The Morgan fingerprint density at radius 3 is 2.55 bits per heavy atom. The standard InChI is InChI=1S/C13H10F2N2O3/c14-9-5-6-10(17(19)20)13(12(9)15)16-7-8-3-1-2-4-11(8)18/h1-6,16,18H,7H2. The number of hydrogen-bond donors (Lipinski definition) is 2. The van der Waals surface area contributed by atoms with Gasteiger partial charge in [-0.3, -0.25) is 10.1 Å². The number of para-hydroxylation sites is 1. The first-order valence-corrected chi connectivity index (χ1v) is 5.64. The number of benzene rings is 2. The van der Waals surface area contributed by atoms with E-state index in [0.29, 0.717) is 11.6 Å². The van der Waals surface area contributed by atoms with Crippen molar-refractivity contribution in [2.24, 2.45) is 0 Å². The van der Waals surface area contributed by atoms with Crippen molar-refractivity contribution in [2.75, 3.05) is 5.32 Å². The zero-order chi connectivity index (χ0) is 14.7. The van der Waals surface area contributed by atoms with Crippen molar-refractivity contribution in [3.05, 3.63) is 63.7 Å². The lowest BCUT2D eigenvalue weighted by molar-refractivity contribution is -0.384. The van der Waals surface area contributed by atoms with Gasteiger partial charge in [0.15, 0.2) is 17.3 Å². The Labute approximate surface area is 112 Å². The first-order chi connectivity index (χ1) is 9.50. The number of nitrogens with zero attached hydrogens (tertiary/aromatic N) is 1. The molecule has 2 rings (SSSR count). The Kier molecular flexibility index (Phi) is 3.79. The number of phenols is 1. The molecule has 2 aromatic rings. The van der Waals surface area contributed by atoms with Gasteiger partial charge in [-0.2, -0.15) is 0 Å². The third kappa shape index (κ3) is 2.66. The largest absolute Gasteiger partial charge is 0.508 e. The van der Waals surface area contributed by atoms with Crippen LogP contribution < -0.4 is 5.32 Å². The summed E-state index contributed by atoms with van der Waals surface area (Å²) in [4.78, 5) is 9.98. The van der Waals surface area contributed by atoms with E-state index in [-0.39, 0.29) is 12.3 Å². The molecule has 0 saturated heterocycles. The molecule has 0 aromatic heterocycles. The number of aromatic hydroxyl groups is 1. The van der Waals surface area contributed by atoms with Gasteiger partial charge in [0, 0.05) is 18.2 Å². The molecule has 0 atom stereocenters. The first-order valence-electron chi connectivity index (χ1n) is 5.64. The highest BCUT2D eigenvalue weighted by atomic mass is 19.2. The summed E-state index contributed by atoms with van der Waals surface area (Å²) < 4.78 is 26.8. The van der Waals surface area contributed by atoms with Gasteiger partial charge in [0.25, 0.3) is 5.69 Å². The second-order valence-corrected chi connectivity index (χ2v) is 3.99. The minimum absolute atomic E-state index is 0.0422. The molecule has 0 amide bonds.